The predicted octanol–water partition coefficient (Wildman–Crippen LogP) is 3.94. The number of carbonyl (C=O) groups excluding carboxylic acids is 1. The van der Waals surface area contributed by atoms with E-state index in [0.717, 1.165) is 40.2 Å². The number of aromatic nitrogens is 2. The van der Waals surface area contributed by atoms with Gasteiger partial charge in [-0.05, 0) is 59.1 Å². The zero-order valence-electron chi connectivity index (χ0n) is 17.3. The molecule has 1 saturated carbocycles. The number of amides is 1. The Morgan fingerprint density at radius 2 is 1.77 bits per heavy atom. The number of nitrogens with one attached hydrogen (secondary N) is 1. The fraction of sp³-hybridized carbons (Fsp3) is 0.348. The van der Waals surface area contributed by atoms with Crippen molar-refractivity contribution in [2.75, 3.05) is 43.5 Å². The molecule has 2 fully saturated rings. The van der Waals surface area contributed by atoms with Gasteiger partial charge in [0.25, 0.3) is 5.91 Å². The lowest BCUT2D eigenvalue weighted by atomic mass is 10.1. The van der Waals surface area contributed by atoms with Crippen LogP contribution in [0.4, 0.5) is 11.6 Å². The smallest absolute Gasteiger partial charge is 0.254 e. The third-order valence-corrected chi connectivity index (χ3v) is 6.36. The van der Waals surface area contributed by atoms with Crippen LogP contribution in [-0.2, 0) is 0 Å². The fourth-order valence-electron chi connectivity index (χ4n) is 3.83. The Balaban J connectivity index is 1.33. The van der Waals surface area contributed by atoms with Gasteiger partial charge in [0.05, 0.1) is 22.6 Å². The summed E-state index contributed by atoms with van der Waals surface area (Å²) in [6.07, 6.45) is 2.35. The summed E-state index contributed by atoms with van der Waals surface area (Å²) in [6, 6.07) is 13.9. The molecule has 160 valence electrons. The lowest BCUT2D eigenvalue weighted by Gasteiger charge is -2.36. The van der Waals surface area contributed by atoms with Crippen molar-refractivity contribution in [3.05, 3.63) is 52.5 Å². The van der Waals surface area contributed by atoms with Crippen LogP contribution in [0.2, 0.25) is 0 Å². The van der Waals surface area contributed by atoms with Crippen LogP contribution in [0.3, 0.4) is 0 Å². The molecular formula is C23H24BrN5O2. The van der Waals surface area contributed by atoms with Crippen LogP contribution in [0.5, 0.6) is 5.75 Å². The van der Waals surface area contributed by atoms with Gasteiger partial charge in [-0.15, -0.1) is 0 Å². The van der Waals surface area contributed by atoms with Crippen LogP contribution in [0, 0.1) is 0 Å². The first kappa shape index (κ1) is 20.1. The molecule has 7 nitrogen and oxygen atoms in total. The van der Waals surface area contributed by atoms with E-state index in [0.29, 0.717) is 30.4 Å². The number of carbonyl (C=O) groups is 1. The van der Waals surface area contributed by atoms with E-state index in [4.69, 9.17) is 14.7 Å². The van der Waals surface area contributed by atoms with Crippen molar-refractivity contribution in [1.82, 2.24) is 14.9 Å². The SMILES string of the molecule is COc1ccc(C(=O)N2CCN(c3nc4ccccc4nc3NC3CC3)CC2)cc1Br. The average Bonchev–Trinajstić information content (AvgIpc) is 3.62. The summed E-state index contributed by atoms with van der Waals surface area (Å²) in [5, 5.41) is 3.54. The van der Waals surface area contributed by atoms with E-state index in [2.05, 4.69) is 26.1 Å². The molecule has 2 heterocycles. The van der Waals surface area contributed by atoms with Crippen LogP contribution in [0.1, 0.15) is 23.2 Å². The number of fused-ring (bicyclic) bond motifs is 1. The molecule has 3 aromatic rings. The Morgan fingerprint density at radius 1 is 1.06 bits per heavy atom. The number of benzene rings is 2. The van der Waals surface area contributed by atoms with Crippen molar-refractivity contribution < 1.29 is 9.53 Å². The molecule has 2 aromatic carbocycles. The zero-order chi connectivity index (χ0) is 21.4. The van der Waals surface area contributed by atoms with Crippen molar-refractivity contribution in [2.45, 2.75) is 18.9 Å². The second-order valence-electron chi connectivity index (χ2n) is 7.93. The Morgan fingerprint density at radius 3 is 2.42 bits per heavy atom. The number of piperazine rings is 1. The summed E-state index contributed by atoms with van der Waals surface area (Å²) in [5.41, 5.74) is 2.44. The maximum absolute atomic E-state index is 13.0. The van der Waals surface area contributed by atoms with E-state index < -0.39 is 0 Å². The first-order valence-electron chi connectivity index (χ1n) is 10.5. The monoisotopic (exact) mass is 481 g/mol. The molecule has 31 heavy (non-hydrogen) atoms. The summed E-state index contributed by atoms with van der Waals surface area (Å²) >= 11 is 3.47. The minimum absolute atomic E-state index is 0.0314. The molecule has 0 radical (unpaired) electrons. The van der Waals surface area contributed by atoms with Crippen molar-refractivity contribution in [2.24, 2.45) is 0 Å². The van der Waals surface area contributed by atoms with Crippen LogP contribution >= 0.6 is 15.9 Å². The van der Waals surface area contributed by atoms with E-state index in [-0.39, 0.29) is 5.91 Å². The number of anilines is 2. The largest absolute Gasteiger partial charge is 0.496 e. The second-order valence-corrected chi connectivity index (χ2v) is 8.79. The molecule has 8 heteroatoms. The third kappa shape index (κ3) is 4.17. The number of halogens is 1. The highest BCUT2D eigenvalue weighted by Gasteiger charge is 2.28. The Labute approximate surface area is 189 Å². The van der Waals surface area contributed by atoms with E-state index in [1.54, 1.807) is 7.11 Å². The summed E-state index contributed by atoms with van der Waals surface area (Å²) in [5.74, 6) is 2.47. The number of hydrogen-bond acceptors (Lipinski definition) is 6. The van der Waals surface area contributed by atoms with Crippen molar-refractivity contribution in [3.8, 4) is 5.75 Å². The molecule has 0 spiro atoms. The highest BCUT2D eigenvalue weighted by atomic mass is 79.9. The number of ether oxygens (including phenoxy) is 1. The lowest BCUT2D eigenvalue weighted by molar-refractivity contribution is 0.0746. The van der Waals surface area contributed by atoms with Gasteiger partial charge in [0.2, 0.25) is 0 Å². The molecule has 1 aromatic heterocycles. The quantitative estimate of drug-likeness (QED) is 0.594. The predicted molar refractivity (Wildman–Crippen MR) is 125 cm³/mol. The maximum Gasteiger partial charge on any atom is 0.254 e. The van der Waals surface area contributed by atoms with Gasteiger partial charge < -0.3 is 19.9 Å². The molecule has 1 N–H and O–H groups in total. The third-order valence-electron chi connectivity index (χ3n) is 5.74. The van der Waals surface area contributed by atoms with Gasteiger partial charge in [0, 0.05) is 37.8 Å². The first-order chi connectivity index (χ1) is 15.1. The fourth-order valence-corrected chi connectivity index (χ4v) is 4.37. The molecule has 1 aliphatic carbocycles. The number of para-hydroxylation sites is 2. The number of methoxy groups -OCH3 is 1. The molecule has 5 rings (SSSR count). The molecule has 0 atom stereocenters. The van der Waals surface area contributed by atoms with Gasteiger partial charge in [-0.25, -0.2) is 9.97 Å². The van der Waals surface area contributed by atoms with Crippen LogP contribution < -0.4 is 15.0 Å². The second kappa shape index (κ2) is 8.34. The highest BCUT2D eigenvalue weighted by Crippen LogP contribution is 2.31. The Hall–Kier alpha value is -2.87. The van der Waals surface area contributed by atoms with E-state index in [1.807, 2.05) is 47.4 Å². The average molecular weight is 482 g/mol. The lowest BCUT2D eigenvalue weighted by Crippen LogP contribution is -2.49. The molecule has 2 aliphatic rings. The van der Waals surface area contributed by atoms with E-state index in [9.17, 15) is 4.79 Å². The summed E-state index contributed by atoms with van der Waals surface area (Å²) in [4.78, 5) is 26.9. The Kier molecular flexibility index (Phi) is 5.40. The minimum Gasteiger partial charge on any atom is -0.496 e. The number of rotatable bonds is 5. The standard InChI is InChI=1S/C23H24BrN5O2/c1-31-20-9-6-15(14-17(20)24)23(30)29-12-10-28(11-13-29)22-21(25-16-7-8-16)26-18-4-2-3-5-19(18)27-22/h2-6,9,14,16H,7-8,10-13H2,1H3,(H,25,26). The molecular weight excluding hydrogens is 458 g/mol. The highest BCUT2D eigenvalue weighted by molar-refractivity contribution is 9.10. The van der Waals surface area contributed by atoms with Crippen molar-refractivity contribution in [1.29, 1.82) is 0 Å². The number of nitrogens with zero attached hydrogens (tertiary/aromatic N) is 4. The number of hydrogen-bond donors (Lipinski definition) is 1. The maximum atomic E-state index is 13.0. The normalized spacial score (nSPS) is 16.5. The van der Waals surface area contributed by atoms with E-state index in [1.165, 1.54) is 12.8 Å². The molecule has 0 unspecified atom stereocenters. The van der Waals surface area contributed by atoms with Crippen LogP contribution in [0.25, 0.3) is 11.0 Å². The van der Waals surface area contributed by atoms with Gasteiger partial charge in [0.15, 0.2) is 11.6 Å². The minimum atomic E-state index is 0.0314. The van der Waals surface area contributed by atoms with Gasteiger partial charge in [0.1, 0.15) is 5.75 Å². The topological polar surface area (TPSA) is 70.6 Å². The van der Waals surface area contributed by atoms with Gasteiger partial charge in [-0.3, -0.25) is 4.79 Å². The van der Waals surface area contributed by atoms with E-state index >= 15 is 0 Å². The zero-order valence-corrected chi connectivity index (χ0v) is 18.9. The molecule has 1 aliphatic heterocycles. The summed E-state index contributed by atoms with van der Waals surface area (Å²) < 4.78 is 6.04. The van der Waals surface area contributed by atoms with Crippen LogP contribution in [-0.4, -0.2) is 60.1 Å². The molecule has 1 amide bonds. The first-order valence-corrected chi connectivity index (χ1v) is 11.3. The van der Waals surface area contributed by atoms with Crippen molar-refractivity contribution >= 4 is 44.5 Å². The van der Waals surface area contributed by atoms with Gasteiger partial charge >= 0.3 is 0 Å². The van der Waals surface area contributed by atoms with Crippen molar-refractivity contribution in [3.63, 3.8) is 0 Å². The summed E-state index contributed by atoms with van der Waals surface area (Å²) in [7, 11) is 1.61. The van der Waals surface area contributed by atoms with Gasteiger partial charge in [-0.2, -0.15) is 0 Å². The summed E-state index contributed by atoms with van der Waals surface area (Å²) in [6.45, 7) is 2.71. The molecule has 0 bridgehead atoms. The Bertz CT molecular complexity index is 1130. The van der Waals surface area contributed by atoms with Crippen LogP contribution in [0.15, 0.2) is 46.9 Å². The van der Waals surface area contributed by atoms with Gasteiger partial charge in [-0.1, -0.05) is 12.1 Å². The molecule has 1 saturated heterocycles.